The van der Waals surface area contributed by atoms with Crippen LogP contribution < -0.4 is 4.90 Å². The van der Waals surface area contributed by atoms with E-state index < -0.39 is 0 Å². The van der Waals surface area contributed by atoms with E-state index in [9.17, 15) is 4.79 Å². The molecule has 0 radical (unpaired) electrons. The zero-order chi connectivity index (χ0) is 17.9. The van der Waals surface area contributed by atoms with Crippen molar-refractivity contribution in [3.05, 3.63) is 17.1 Å². The van der Waals surface area contributed by atoms with Crippen LogP contribution in [0.4, 0.5) is 5.82 Å². The monoisotopic (exact) mass is 358 g/mol. The van der Waals surface area contributed by atoms with Crippen LogP contribution in [0.15, 0.2) is 0 Å². The van der Waals surface area contributed by atoms with Gasteiger partial charge in [-0.3, -0.25) is 4.79 Å². The molecule has 1 aliphatic carbocycles. The van der Waals surface area contributed by atoms with Crippen molar-refractivity contribution >= 4 is 11.7 Å². The molecular weight excluding hydrogens is 328 g/mol. The predicted molar refractivity (Wildman–Crippen MR) is 100 cm³/mol. The minimum absolute atomic E-state index is 0.205. The maximum absolute atomic E-state index is 12.9. The molecule has 3 heterocycles. The van der Waals surface area contributed by atoms with E-state index in [0.717, 1.165) is 76.4 Å². The minimum atomic E-state index is 0.205. The van der Waals surface area contributed by atoms with Crippen molar-refractivity contribution in [1.82, 2.24) is 14.9 Å². The van der Waals surface area contributed by atoms with Gasteiger partial charge in [-0.2, -0.15) is 0 Å². The van der Waals surface area contributed by atoms with Gasteiger partial charge in [0.1, 0.15) is 11.6 Å². The molecule has 2 saturated heterocycles. The molecule has 1 atom stereocenters. The zero-order valence-electron chi connectivity index (χ0n) is 15.9. The molecule has 0 saturated carbocycles. The lowest BCUT2D eigenvalue weighted by Gasteiger charge is -2.31. The lowest BCUT2D eigenvalue weighted by atomic mass is 9.96. The van der Waals surface area contributed by atoms with Crippen LogP contribution in [0.3, 0.4) is 0 Å². The Kier molecular flexibility index (Phi) is 5.38. The Labute approximate surface area is 155 Å². The summed E-state index contributed by atoms with van der Waals surface area (Å²) in [7, 11) is 0. The third-order valence-corrected chi connectivity index (χ3v) is 5.81. The highest BCUT2D eigenvalue weighted by Crippen LogP contribution is 2.29. The van der Waals surface area contributed by atoms with Crippen molar-refractivity contribution in [3.8, 4) is 0 Å². The van der Waals surface area contributed by atoms with Gasteiger partial charge in [0.2, 0.25) is 5.91 Å². The quantitative estimate of drug-likeness (QED) is 0.808. The number of carbonyl (C=O) groups excluding carboxylic acids is 1. The maximum atomic E-state index is 12.9. The van der Waals surface area contributed by atoms with Crippen LogP contribution in [0.25, 0.3) is 0 Å². The standard InChI is InChI=1S/C20H30N4O2/c1-15-21-18-9-3-2-8-17(18)20(22-15)24(13-16-7-6-12-26-16)14-19(25)23-10-4-5-11-23/h16H,2-14H2,1H3. The van der Waals surface area contributed by atoms with Crippen molar-refractivity contribution in [2.45, 2.75) is 64.4 Å². The topological polar surface area (TPSA) is 58.6 Å². The first kappa shape index (κ1) is 17.7. The molecule has 1 aromatic rings. The molecule has 26 heavy (non-hydrogen) atoms. The van der Waals surface area contributed by atoms with E-state index in [4.69, 9.17) is 9.72 Å². The number of hydrogen-bond donors (Lipinski definition) is 0. The van der Waals surface area contributed by atoms with Crippen LogP contribution in [-0.4, -0.2) is 59.7 Å². The van der Waals surface area contributed by atoms with Gasteiger partial charge in [-0.15, -0.1) is 0 Å². The van der Waals surface area contributed by atoms with E-state index in [1.807, 2.05) is 11.8 Å². The molecule has 0 aromatic carbocycles. The Bertz CT molecular complexity index is 651. The number of amides is 1. The van der Waals surface area contributed by atoms with E-state index in [1.165, 1.54) is 24.1 Å². The number of nitrogens with zero attached hydrogens (tertiary/aromatic N) is 4. The van der Waals surface area contributed by atoms with Gasteiger partial charge in [0.15, 0.2) is 0 Å². The number of hydrogen-bond acceptors (Lipinski definition) is 5. The molecule has 2 aliphatic heterocycles. The highest BCUT2D eigenvalue weighted by atomic mass is 16.5. The fourth-order valence-corrected chi connectivity index (χ4v) is 4.45. The summed E-state index contributed by atoms with van der Waals surface area (Å²) in [6, 6.07) is 0. The average Bonchev–Trinajstić information content (AvgIpc) is 3.34. The van der Waals surface area contributed by atoms with E-state index in [-0.39, 0.29) is 12.0 Å². The first-order valence-electron chi connectivity index (χ1n) is 10.2. The molecular formula is C20H30N4O2. The van der Waals surface area contributed by atoms with Crippen LogP contribution in [-0.2, 0) is 22.4 Å². The van der Waals surface area contributed by atoms with Crippen molar-refractivity contribution < 1.29 is 9.53 Å². The first-order valence-corrected chi connectivity index (χ1v) is 10.2. The van der Waals surface area contributed by atoms with Gasteiger partial charge in [0.05, 0.1) is 12.6 Å². The van der Waals surface area contributed by atoms with Gasteiger partial charge in [-0.25, -0.2) is 9.97 Å². The molecule has 0 bridgehead atoms. The normalized spacial score (nSPS) is 22.5. The van der Waals surface area contributed by atoms with E-state index >= 15 is 0 Å². The Morgan fingerprint density at radius 2 is 1.96 bits per heavy atom. The SMILES string of the molecule is Cc1nc2c(c(N(CC(=O)N3CCCC3)CC3CCCO3)n1)CCCC2. The Morgan fingerprint density at radius 1 is 1.15 bits per heavy atom. The summed E-state index contributed by atoms with van der Waals surface area (Å²) < 4.78 is 5.88. The van der Waals surface area contributed by atoms with Crippen LogP contribution in [0, 0.1) is 6.92 Å². The average molecular weight is 358 g/mol. The van der Waals surface area contributed by atoms with E-state index in [0.29, 0.717) is 6.54 Å². The lowest BCUT2D eigenvalue weighted by Crippen LogP contribution is -2.43. The molecule has 3 aliphatic rings. The molecule has 2 fully saturated rings. The summed E-state index contributed by atoms with van der Waals surface area (Å²) >= 11 is 0. The molecule has 142 valence electrons. The van der Waals surface area contributed by atoms with Gasteiger partial charge in [-0.05, 0) is 58.3 Å². The number of carbonyl (C=O) groups is 1. The number of aromatic nitrogens is 2. The van der Waals surface area contributed by atoms with Crippen molar-refractivity contribution in [3.63, 3.8) is 0 Å². The molecule has 4 rings (SSSR count). The number of likely N-dealkylation sites (tertiary alicyclic amines) is 1. The molecule has 1 aromatic heterocycles. The third kappa shape index (κ3) is 3.85. The number of anilines is 1. The summed E-state index contributed by atoms with van der Waals surface area (Å²) in [6.07, 6.45) is 9.06. The number of fused-ring (bicyclic) bond motifs is 1. The summed E-state index contributed by atoms with van der Waals surface area (Å²) in [5.41, 5.74) is 2.44. The molecule has 6 nitrogen and oxygen atoms in total. The number of rotatable bonds is 5. The Balaban J connectivity index is 1.61. The highest BCUT2D eigenvalue weighted by Gasteiger charge is 2.28. The Hall–Kier alpha value is -1.69. The molecule has 1 amide bonds. The lowest BCUT2D eigenvalue weighted by molar-refractivity contribution is -0.128. The van der Waals surface area contributed by atoms with Crippen LogP contribution in [0.1, 0.15) is 55.6 Å². The summed E-state index contributed by atoms with van der Waals surface area (Å²) in [6.45, 7) is 5.75. The summed E-state index contributed by atoms with van der Waals surface area (Å²) in [5, 5.41) is 0. The Morgan fingerprint density at radius 3 is 2.73 bits per heavy atom. The predicted octanol–water partition coefficient (Wildman–Crippen LogP) is 2.27. The third-order valence-electron chi connectivity index (χ3n) is 5.81. The van der Waals surface area contributed by atoms with Crippen LogP contribution in [0.5, 0.6) is 0 Å². The second-order valence-corrected chi connectivity index (χ2v) is 7.83. The fourth-order valence-electron chi connectivity index (χ4n) is 4.45. The minimum Gasteiger partial charge on any atom is -0.376 e. The summed E-state index contributed by atoms with van der Waals surface area (Å²) in [5.74, 6) is 2.02. The van der Waals surface area contributed by atoms with Crippen molar-refractivity contribution in [2.24, 2.45) is 0 Å². The van der Waals surface area contributed by atoms with Crippen molar-refractivity contribution in [1.29, 1.82) is 0 Å². The largest absolute Gasteiger partial charge is 0.376 e. The van der Waals surface area contributed by atoms with Gasteiger partial charge >= 0.3 is 0 Å². The fraction of sp³-hybridized carbons (Fsp3) is 0.750. The maximum Gasteiger partial charge on any atom is 0.242 e. The summed E-state index contributed by atoms with van der Waals surface area (Å²) in [4.78, 5) is 26.5. The first-order chi connectivity index (χ1) is 12.7. The molecule has 6 heteroatoms. The van der Waals surface area contributed by atoms with Crippen LogP contribution >= 0.6 is 0 Å². The molecule has 0 spiro atoms. The van der Waals surface area contributed by atoms with Gasteiger partial charge in [-0.1, -0.05) is 0 Å². The second kappa shape index (κ2) is 7.91. The van der Waals surface area contributed by atoms with Crippen LogP contribution in [0.2, 0.25) is 0 Å². The molecule has 1 unspecified atom stereocenters. The second-order valence-electron chi connectivity index (χ2n) is 7.83. The smallest absolute Gasteiger partial charge is 0.242 e. The number of aryl methyl sites for hydroxylation is 2. The highest BCUT2D eigenvalue weighted by molar-refractivity contribution is 5.81. The zero-order valence-corrected chi connectivity index (χ0v) is 15.9. The number of ether oxygens (including phenoxy) is 1. The molecule has 0 N–H and O–H groups in total. The van der Waals surface area contributed by atoms with E-state index in [2.05, 4.69) is 9.88 Å². The van der Waals surface area contributed by atoms with Crippen molar-refractivity contribution in [2.75, 3.05) is 37.7 Å². The van der Waals surface area contributed by atoms with Gasteiger partial charge < -0.3 is 14.5 Å². The van der Waals surface area contributed by atoms with E-state index in [1.54, 1.807) is 0 Å². The van der Waals surface area contributed by atoms with Gasteiger partial charge in [0, 0.05) is 37.5 Å². The van der Waals surface area contributed by atoms with Gasteiger partial charge in [0.25, 0.3) is 0 Å².